The molecule has 0 aliphatic heterocycles. The second kappa shape index (κ2) is 10.5. The normalized spacial score (nSPS) is 11.4. The fourth-order valence-corrected chi connectivity index (χ4v) is 3.00. The van der Waals surface area contributed by atoms with E-state index in [4.69, 9.17) is 14.2 Å². The van der Waals surface area contributed by atoms with E-state index in [0.717, 1.165) is 5.01 Å². The van der Waals surface area contributed by atoms with Gasteiger partial charge in [-0.1, -0.05) is 24.3 Å². The molecule has 0 radical (unpaired) electrons. The molecule has 2 rings (SSSR count). The predicted molar refractivity (Wildman–Crippen MR) is 116 cm³/mol. The zero-order chi connectivity index (χ0) is 23.0. The number of anilines is 1. The van der Waals surface area contributed by atoms with E-state index in [9.17, 15) is 14.9 Å². The lowest BCUT2D eigenvalue weighted by Crippen LogP contribution is -2.27. The number of methoxy groups -OCH3 is 1. The van der Waals surface area contributed by atoms with Crippen LogP contribution in [0.5, 0.6) is 11.5 Å². The van der Waals surface area contributed by atoms with E-state index in [2.05, 4.69) is 15.5 Å². The van der Waals surface area contributed by atoms with Gasteiger partial charge in [0.1, 0.15) is 22.3 Å². The second-order valence-electron chi connectivity index (χ2n) is 7.26. The molecule has 1 aromatic carbocycles. The summed E-state index contributed by atoms with van der Waals surface area (Å²) in [5, 5.41) is 20.9. The molecule has 2 aromatic rings. The Labute approximate surface area is 184 Å². The Morgan fingerprint density at radius 3 is 2.58 bits per heavy atom. The maximum absolute atomic E-state index is 12.4. The molecule has 164 valence electrons. The van der Waals surface area contributed by atoms with Crippen LogP contribution in [0.1, 0.15) is 38.3 Å². The number of hydrogen-bond donors (Lipinski definition) is 1. The standard InChI is InChI=1S/C21H24N4O5S/c1-6-17-24-25-20(31-17)23-19(27)14(11-22)9-13-7-8-15(16(10-13)28-5)29-12-18(26)30-21(2,3)4/h7-10H,6,12H2,1-5H3,(H,23,25,27). The number of amides is 1. The molecule has 0 fully saturated rings. The van der Waals surface area contributed by atoms with E-state index in [1.807, 2.05) is 13.0 Å². The minimum Gasteiger partial charge on any atom is -0.493 e. The van der Waals surface area contributed by atoms with Crippen LogP contribution < -0.4 is 14.8 Å². The quantitative estimate of drug-likeness (QED) is 0.373. The predicted octanol–water partition coefficient (Wildman–Crippen LogP) is 3.38. The van der Waals surface area contributed by atoms with Crippen LogP contribution in [0.25, 0.3) is 6.08 Å². The SMILES string of the molecule is CCc1nnc(NC(=O)C(C#N)=Cc2ccc(OCC(=O)OC(C)(C)C)c(OC)c2)s1. The molecule has 0 unspecified atom stereocenters. The fourth-order valence-electron chi connectivity index (χ4n) is 2.33. The van der Waals surface area contributed by atoms with Crippen molar-refractivity contribution in [3.63, 3.8) is 0 Å². The van der Waals surface area contributed by atoms with E-state index in [-0.39, 0.29) is 12.2 Å². The Kier molecular flexibility index (Phi) is 8.10. The number of nitriles is 1. The summed E-state index contributed by atoms with van der Waals surface area (Å²) in [4.78, 5) is 24.2. The summed E-state index contributed by atoms with van der Waals surface area (Å²) < 4.78 is 16.0. The maximum Gasteiger partial charge on any atom is 0.344 e. The van der Waals surface area contributed by atoms with E-state index < -0.39 is 17.5 Å². The lowest BCUT2D eigenvalue weighted by Gasteiger charge is -2.19. The Hall–Kier alpha value is -3.45. The molecule has 10 heteroatoms. The molecule has 0 aliphatic rings. The number of rotatable bonds is 8. The van der Waals surface area contributed by atoms with Crippen molar-refractivity contribution < 1.29 is 23.8 Å². The Morgan fingerprint density at radius 2 is 2.00 bits per heavy atom. The summed E-state index contributed by atoms with van der Waals surface area (Å²) in [6.45, 7) is 6.95. The molecular weight excluding hydrogens is 420 g/mol. The number of nitrogens with zero attached hydrogens (tertiary/aromatic N) is 3. The monoisotopic (exact) mass is 444 g/mol. The number of aryl methyl sites for hydroxylation is 1. The molecule has 0 bridgehead atoms. The van der Waals surface area contributed by atoms with Gasteiger partial charge in [0.25, 0.3) is 5.91 Å². The van der Waals surface area contributed by atoms with E-state index in [1.54, 1.807) is 39.0 Å². The third kappa shape index (κ3) is 7.38. The molecule has 1 amide bonds. The van der Waals surface area contributed by atoms with Gasteiger partial charge in [0.05, 0.1) is 7.11 Å². The fraction of sp³-hybridized carbons (Fsp3) is 0.381. The summed E-state index contributed by atoms with van der Waals surface area (Å²) in [6.07, 6.45) is 2.12. The van der Waals surface area contributed by atoms with Gasteiger partial charge in [0, 0.05) is 0 Å². The first-order chi connectivity index (χ1) is 14.6. The van der Waals surface area contributed by atoms with Gasteiger partial charge in [0.15, 0.2) is 18.1 Å². The number of benzene rings is 1. The first-order valence-electron chi connectivity index (χ1n) is 9.43. The van der Waals surface area contributed by atoms with Crippen molar-refractivity contribution >= 4 is 34.4 Å². The highest BCUT2D eigenvalue weighted by molar-refractivity contribution is 7.15. The van der Waals surface area contributed by atoms with Crippen LogP contribution in [-0.2, 0) is 20.7 Å². The minimum absolute atomic E-state index is 0.113. The van der Waals surface area contributed by atoms with Gasteiger partial charge >= 0.3 is 5.97 Å². The largest absolute Gasteiger partial charge is 0.493 e. The van der Waals surface area contributed by atoms with Crippen LogP contribution in [-0.4, -0.2) is 41.4 Å². The number of hydrogen-bond acceptors (Lipinski definition) is 9. The molecule has 0 aliphatic carbocycles. The molecule has 1 aromatic heterocycles. The summed E-state index contributed by atoms with van der Waals surface area (Å²) in [6, 6.07) is 6.69. The van der Waals surface area contributed by atoms with Gasteiger partial charge < -0.3 is 14.2 Å². The summed E-state index contributed by atoms with van der Waals surface area (Å²) in [7, 11) is 1.45. The second-order valence-corrected chi connectivity index (χ2v) is 8.33. The van der Waals surface area contributed by atoms with Crippen molar-refractivity contribution in [2.45, 2.75) is 39.7 Å². The highest BCUT2D eigenvalue weighted by Crippen LogP contribution is 2.29. The lowest BCUT2D eigenvalue weighted by atomic mass is 10.1. The summed E-state index contributed by atoms with van der Waals surface area (Å²) >= 11 is 1.25. The molecule has 0 spiro atoms. The smallest absolute Gasteiger partial charge is 0.344 e. The molecular formula is C21H24N4O5S. The van der Waals surface area contributed by atoms with Crippen LogP contribution in [0, 0.1) is 11.3 Å². The van der Waals surface area contributed by atoms with Crippen LogP contribution in [0.2, 0.25) is 0 Å². The Morgan fingerprint density at radius 1 is 1.26 bits per heavy atom. The van der Waals surface area contributed by atoms with Gasteiger partial charge in [-0.2, -0.15) is 5.26 Å². The zero-order valence-corrected chi connectivity index (χ0v) is 18.8. The molecule has 9 nitrogen and oxygen atoms in total. The van der Waals surface area contributed by atoms with Crippen LogP contribution in [0.4, 0.5) is 5.13 Å². The molecule has 1 heterocycles. The summed E-state index contributed by atoms with van der Waals surface area (Å²) in [5.41, 5.74) is -0.183. The van der Waals surface area contributed by atoms with Crippen molar-refractivity contribution in [2.75, 3.05) is 19.0 Å². The number of esters is 1. The zero-order valence-electron chi connectivity index (χ0n) is 18.0. The van der Waals surface area contributed by atoms with Gasteiger partial charge in [-0.25, -0.2) is 4.79 Å². The third-order valence-electron chi connectivity index (χ3n) is 3.62. The van der Waals surface area contributed by atoms with Crippen molar-refractivity contribution in [3.05, 3.63) is 34.3 Å². The topological polar surface area (TPSA) is 123 Å². The number of aromatic nitrogens is 2. The molecule has 0 saturated carbocycles. The Balaban J connectivity index is 2.12. The minimum atomic E-state index is -0.611. The van der Waals surface area contributed by atoms with Crippen LogP contribution in [0.15, 0.2) is 23.8 Å². The van der Waals surface area contributed by atoms with Crippen molar-refractivity contribution in [1.29, 1.82) is 5.26 Å². The van der Waals surface area contributed by atoms with Gasteiger partial charge in [-0.15, -0.1) is 10.2 Å². The highest BCUT2D eigenvalue weighted by Gasteiger charge is 2.18. The van der Waals surface area contributed by atoms with Crippen LogP contribution in [0.3, 0.4) is 0 Å². The van der Waals surface area contributed by atoms with Gasteiger partial charge in [-0.05, 0) is 51.0 Å². The van der Waals surface area contributed by atoms with Crippen molar-refractivity contribution in [2.24, 2.45) is 0 Å². The summed E-state index contributed by atoms with van der Waals surface area (Å²) in [5.74, 6) is -0.434. The van der Waals surface area contributed by atoms with E-state index in [1.165, 1.54) is 24.5 Å². The number of carbonyl (C=O) groups is 2. The average molecular weight is 445 g/mol. The third-order valence-corrected chi connectivity index (χ3v) is 4.60. The number of nitrogens with one attached hydrogen (secondary N) is 1. The number of ether oxygens (including phenoxy) is 3. The Bertz CT molecular complexity index is 1020. The highest BCUT2D eigenvalue weighted by atomic mass is 32.1. The molecule has 0 atom stereocenters. The van der Waals surface area contributed by atoms with Gasteiger partial charge in [0.2, 0.25) is 5.13 Å². The number of carbonyl (C=O) groups excluding carboxylic acids is 2. The maximum atomic E-state index is 12.4. The van der Waals surface area contributed by atoms with Crippen molar-refractivity contribution in [1.82, 2.24) is 10.2 Å². The molecule has 0 saturated heterocycles. The first kappa shape index (κ1) is 23.8. The van der Waals surface area contributed by atoms with E-state index >= 15 is 0 Å². The first-order valence-corrected chi connectivity index (χ1v) is 10.2. The molecule has 1 N–H and O–H groups in total. The lowest BCUT2D eigenvalue weighted by molar-refractivity contribution is -0.157. The average Bonchev–Trinajstić information content (AvgIpc) is 3.16. The van der Waals surface area contributed by atoms with Gasteiger partial charge in [-0.3, -0.25) is 10.1 Å². The molecule has 31 heavy (non-hydrogen) atoms. The van der Waals surface area contributed by atoms with Crippen molar-refractivity contribution in [3.8, 4) is 17.6 Å². The van der Waals surface area contributed by atoms with Crippen LogP contribution >= 0.6 is 11.3 Å². The van der Waals surface area contributed by atoms with E-state index in [0.29, 0.717) is 28.6 Å².